The molecule has 1 aromatic heterocycles. The highest BCUT2D eigenvalue weighted by Gasteiger charge is 2.28. The molecule has 2 heterocycles. The molecule has 2 aromatic carbocycles. The number of hydrogen-bond acceptors (Lipinski definition) is 4. The van der Waals surface area contributed by atoms with Crippen molar-refractivity contribution < 1.29 is 18.8 Å². The van der Waals surface area contributed by atoms with Crippen LogP contribution in [0.5, 0.6) is 0 Å². The maximum absolute atomic E-state index is 15.5. The zero-order chi connectivity index (χ0) is 24.6. The Morgan fingerprint density at radius 1 is 1.26 bits per heavy atom. The van der Waals surface area contributed by atoms with Gasteiger partial charge in [-0.2, -0.15) is 0 Å². The van der Waals surface area contributed by atoms with Gasteiger partial charge in [0, 0.05) is 55.1 Å². The number of halogens is 1. The van der Waals surface area contributed by atoms with Crippen LogP contribution in [0.3, 0.4) is 0 Å². The van der Waals surface area contributed by atoms with Crippen molar-refractivity contribution in [1.82, 2.24) is 15.2 Å². The molecule has 1 fully saturated rings. The second-order valence-electron chi connectivity index (χ2n) is 8.59. The van der Waals surface area contributed by atoms with Gasteiger partial charge in [-0.25, -0.2) is 4.39 Å². The fraction of sp³-hybridized carbons (Fsp3) is 0.320. The third-order valence-electron chi connectivity index (χ3n) is 6.03. The first kappa shape index (κ1) is 23.1. The smallest absolute Gasteiger partial charge is 0.296 e. The number of nitrogens with one attached hydrogen (secondary N) is 2. The van der Waals surface area contributed by atoms with Gasteiger partial charge in [-0.05, 0) is 43.9 Å². The maximum atomic E-state index is 15.5. The van der Waals surface area contributed by atoms with Crippen LogP contribution >= 0.6 is 0 Å². The molecule has 0 spiro atoms. The van der Waals surface area contributed by atoms with E-state index in [4.69, 9.17) is 5.73 Å². The van der Waals surface area contributed by atoms with Crippen LogP contribution in [0.15, 0.2) is 24.3 Å². The number of rotatable bonds is 4. The van der Waals surface area contributed by atoms with Crippen molar-refractivity contribution in [2.75, 3.05) is 32.1 Å². The lowest BCUT2D eigenvalue weighted by molar-refractivity contribution is -0.116. The number of aromatic nitrogens is 1. The van der Waals surface area contributed by atoms with E-state index in [0.717, 1.165) is 18.9 Å². The lowest BCUT2D eigenvalue weighted by Gasteiger charge is -2.35. The summed E-state index contributed by atoms with van der Waals surface area (Å²) in [5.41, 5.74) is 7.40. The molecule has 3 aromatic rings. The van der Waals surface area contributed by atoms with Gasteiger partial charge in [-0.15, -0.1) is 0 Å². The summed E-state index contributed by atoms with van der Waals surface area (Å²) in [7, 11) is 3.32. The van der Waals surface area contributed by atoms with E-state index in [-0.39, 0.29) is 23.4 Å². The molecule has 34 heavy (non-hydrogen) atoms. The quantitative estimate of drug-likeness (QED) is 0.516. The summed E-state index contributed by atoms with van der Waals surface area (Å²) < 4.78 is 15.5. The largest absolute Gasteiger partial charge is 0.367 e. The number of anilines is 1. The first-order valence-electron chi connectivity index (χ1n) is 11.0. The number of amides is 3. The molecule has 176 valence electrons. The minimum Gasteiger partial charge on any atom is -0.367 e. The van der Waals surface area contributed by atoms with E-state index in [1.165, 1.54) is 4.90 Å². The third-order valence-corrected chi connectivity index (χ3v) is 6.03. The van der Waals surface area contributed by atoms with Gasteiger partial charge in [-0.3, -0.25) is 14.4 Å². The Kier molecular flexibility index (Phi) is 6.16. The van der Waals surface area contributed by atoms with Crippen LogP contribution in [0.4, 0.5) is 10.1 Å². The fourth-order valence-electron chi connectivity index (χ4n) is 4.56. The molecule has 0 saturated carbocycles. The van der Waals surface area contributed by atoms with E-state index >= 15 is 4.39 Å². The van der Waals surface area contributed by atoms with Crippen LogP contribution < -0.4 is 16.0 Å². The SMILES string of the molecule is CC#CC(=O)N[C@H]1CCCN(c2c(F)cc(C(N)=O)c3[nH]c4cc(C(=O)N(C)C)ccc4c23)C1. The standard InChI is InChI=1S/C25H26FN5O3/c1-4-6-20(32)28-15-7-5-10-31(13-15)23-18(26)12-17(24(27)33)22-21(23)16-9-8-14(11-19(16)29-22)25(34)30(2)3/h8-9,11-12,15,29H,5,7,10,13H2,1-3H3,(H2,27,33)(H,28,32)/t15-/m0/s1. The predicted octanol–water partition coefficient (Wildman–Crippen LogP) is 2.37. The zero-order valence-electron chi connectivity index (χ0n) is 19.3. The summed E-state index contributed by atoms with van der Waals surface area (Å²) in [4.78, 5) is 43.1. The monoisotopic (exact) mass is 463 g/mol. The van der Waals surface area contributed by atoms with Gasteiger partial charge in [0.1, 0.15) is 5.82 Å². The van der Waals surface area contributed by atoms with Crippen molar-refractivity contribution in [3.05, 3.63) is 41.2 Å². The summed E-state index contributed by atoms with van der Waals surface area (Å²) >= 11 is 0. The van der Waals surface area contributed by atoms with Gasteiger partial charge in [0.15, 0.2) is 0 Å². The maximum Gasteiger partial charge on any atom is 0.296 e. The lowest BCUT2D eigenvalue weighted by atomic mass is 10.00. The zero-order valence-corrected chi connectivity index (χ0v) is 19.3. The lowest BCUT2D eigenvalue weighted by Crippen LogP contribution is -2.47. The molecule has 0 unspecified atom stereocenters. The van der Waals surface area contributed by atoms with Crippen LogP contribution in [0.2, 0.25) is 0 Å². The van der Waals surface area contributed by atoms with Gasteiger partial charge in [0.25, 0.3) is 17.7 Å². The molecule has 4 N–H and O–H groups in total. The number of primary amides is 1. The molecule has 8 nitrogen and oxygen atoms in total. The molecule has 1 aliphatic heterocycles. The molecule has 1 atom stereocenters. The van der Waals surface area contributed by atoms with E-state index in [1.807, 2.05) is 4.90 Å². The van der Waals surface area contributed by atoms with E-state index in [9.17, 15) is 14.4 Å². The van der Waals surface area contributed by atoms with Crippen molar-refractivity contribution in [3.8, 4) is 11.8 Å². The average Bonchev–Trinajstić information content (AvgIpc) is 3.16. The molecule has 9 heteroatoms. The Bertz CT molecular complexity index is 1380. The minimum absolute atomic E-state index is 0.0352. The Balaban J connectivity index is 1.86. The molecule has 1 aliphatic rings. The van der Waals surface area contributed by atoms with Gasteiger partial charge in [0.2, 0.25) is 0 Å². The van der Waals surface area contributed by atoms with Crippen LogP contribution in [-0.4, -0.2) is 60.8 Å². The van der Waals surface area contributed by atoms with Crippen LogP contribution in [-0.2, 0) is 4.79 Å². The fourth-order valence-corrected chi connectivity index (χ4v) is 4.56. The van der Waals surface area contributed by atoms with Gasteiger partial charge in [-0.1, -0.05) is 12.0 Å². The molecule has 1 saturated heterocycles. The number of benzene rings is 2. The number of fused-ring (bicyclic) bond motifs is 3. The summed E-state index contributed by atoms with van der Waals surface area (Å²) in [6.45, 7) is 2.56. The van der Waals surface area contributed by atoms with Crippen molar-refractivity contribution in [2.45, 2.75) is 25.8 Å². The molecular weight excluding hydrogens is 437 g/mol. The Morgan fingerprint density at radius 3 is 2.71 bits per heavy atom. The van der Waals surface area contributed by atoms with Crippen molar-refractivity contribution in [1.29, 1.82) is 0 Å². The normalized spacial score (nSPS) is 15.6. The van der Waals surface area contributed by atoms with Crippen LogP contribution in [0.25, 0.3) is 21.8 Å². The number of piperidine rings is 1. The highest BCUT2D eigenvalue weighted by atomic mass is 19.1. The third kappa shape index (κ3) is 4.15. The van der Waals surface area contributed by atoms with Crippen LogP contribution in [0, 0.1) is 17.7 Å². The van der Waals surface area contributed by atoms with Gasteiger partial charge < -0.3 is 25.8 Å². The topological polar surface area (TPSA) is 112 Å². The predicted molar refractivity (Wildman–Crippen MR) is 129 cm³/mol. The Labute approximate surface area is 196 Å². The number of hydrogen-bond donors (Lipinski definition) is 3. The molecule has 0 bridgehead atoms. The van der Waals surface area contributed by atoms with Gasteiger partial charge in [0.05, 0.1) is 16.8 Å². The number of carbonyl (C=O) groups is 3. The van der Waals surface area contributed by atoms with E-state index in [2.05, 4.69) is 22.1 Å². The van der Waals surface area contributed by atoms with Crippen LogP contribution in [0.1, 0.15) is 40.5 Å². The molecular formula is C25H26FN5O3. The number of H-pyrrole nitrogens is 1. The van der Waals surface area contributed by atoms with E-state index in [0.29, 0.717) is 46.1 Å². The number of carbonyl (C=O) groups excluding carboxylic acids is 3. The molecule has 0 radical (unpaired) electrons. The summed E-state index contributed by atoms with van der Waals surface area (Å²) in [5.74, 6) is 3.18. The van der Waals surface area contributed by atoms with Gasteiger partial charge >= 0.3 is 0 Å². The minimum atomic E-state index is -0.756. The number of nitrogens with two attached hydrogens (primary N) is 1. The Hall–Kier alpha value is -4.06. The second kappa shape index (κ2) is 9.06. The van der Waals surface area contributed by atoms with Crippen molar-refractivity contribution in [2.24, 2.45) is 5.73 Å². The van der Waals surface area contributed by atoms with E-state index in [1.54, 1.807) is 39.2 Å². The highest BCUT2D eigenvalue weighted by molar-refractivity contribution is 6.20. The summed E-state index contributed by atoms with van der Waals surface area (Å²) in [5, 5.41) is 4.07. The highest BCUT2D eigenvalue weighted by Crippen LogP contribution is 2.39. The molecule has 4 rings (SSSR count). The Morgan fingerprint density at radius 2 is 2.03 bits per heavy atom. The first-order chi connectivity index (χ1) is 16.2. The number of aromatic amines is 1. The van der Waals surface area contributed by atoms with Crippen molar-refractivity contribution >= 4 is 45.2 Å². The number of nitrogens with zero attached hydrogens (tertiary/aromatic N) is 2. The molecule has 0 aliphatic carbocycles. The molecule has 3 amide bonds. The second-order valence-corrected chi connectivity index (χ2v) is 8.59. The van der Waals surface area contributed by atoms with Crippen molar-refractivity contribution in [3.63, 3.8) is 0 Å². The summed E-state index contributed by atoms with van der Waals surface area (Å²) in [6, 6.07) is 6.07. The van der Waals surface area contributed by atoms with E-state index < -0.39 is 11.7 Å². The average molecular weight is 464 g/mol. The first-order valence-corrected chi connectivity index (χ1v) is 11.0. The summed E-state index contributed by atoms with van der Waals surface area (Å²) in [6.07, 6.45) is 1.49.